The molecule has 0 aliphatic carbocycles. The molecule has 124 valence electrons. The molecule has 0 aromatic heterocycles. The highest BCUT2D eigenvalue weighted by Gasteiger charge is 2.20. The first kappa shape index (κ1) is 18.7. The van der Waals surface area contributed by atoms with E-state index in [0.717, 1.165) is 6.26 Å². The summed E-state index contributed by atoms with van der Waals surface area (Å²) >= 11 is 6.04. The number of hydrogen-bond donors (Lipinski definition) is 1. The molecule has 0 fully saturated rings. The molecular weight excluding hydrogens is 328 g/mol. The van der Waals surface area contributed by atoms with Crippen molar-refractivity contribution < 1.29 is 17.9 Å². The Morgan fingerprint density at radius 2 is 2.09 bits per heavy atom. The summed E-state index contributed by atoms with van der Waals surface area (Å²) in [7, 11) is -1.97. The number of ether oxygens (including phenoxy) is 1. The molecule has 0 aliphatic rings. The van der Waals surface area contributed by atoms with Crippen LogP contribution in [0.2, 0.25) is 5.02 Å². The first-order valence-electron chi connectivity index (χ1n) is 6.76. The van der Waals surface area contributed by atoms with Gasteiger partial charge in [-0.2, -0.15) is 0 Å². The number of nitrogens with zero attached hydrogens (tertiary/aromatic N) is 1. The number of methoxy groups -OCH3 is 1. The first-order valence-corrected chi connectivity index (χ1v) is 8.98. The van der Waals surface area contributed by atoms with Crippen molar-refractivity contribution in [1.82, 2.24) is 5.32 Å². The van der Waals surface area contributed by atoms with Gasteiger partial charge < -0.3 is 10.1 Å². The molecule has 0 saturated carbocycles. The van der Waals surface area contributed by atoms with E-state index in [1.807, 2.05) is 0 Å². The lowest BCUT2D eigenvalue weighted by Crippen LogP contribution is -2.35. The molecule has 0 unspecified atom stereocenters. The highest BCUT2D eigenvalue weighted by atomic mass is 35.5. The highest BCUT2D eigenvalue weighted by molar-refractivity contribution is 7.92. The monoisotopic (exact) mass is 348 g/mol. The third-order valence-electron chi connectivity index (χ3n) is 3.08. The molecule has 0 atom stereocenters. The number of anilines is 1. The molecule has 22 heavy (non-hydrogen) atoms. The lowest BCUT2D eigenvalue weighted by atomic mass is 10.2. The summed E-state index contributed by atoms with van der Waals surface area (Å²) in [5.74, 6) is -0.231. The Morgan fingerprint density at radius 1 is 1.41 bits per heavy atom. The van der Waals surface area contributed by atoms with E-state index < -0.39 is 10.0 Å². The van der Waals surface area contributed by atoms with Crippen molar-refractivity contribution in [2.45, 2.75) is 13.3 Å². The molecule has 0 saturated heterocycles. The Morgan fingerprint density at radius 3 is 2.68 bits per heavy atom. The van der Waals surface area contributed by atoms with Crippen molar-refractivity contribution in [3.63, 3.8) is 0 Å². The molecule has 1 N–H and O–H groups in total. The summed E-state index contributed by atoms with van der Waals surface area (Å²) in [4.78, 5) is 11.7. The average Bonchev–Trinajstić information content (AvgIpc) is 2.42. The molecule has 8 heteroatoms. The third kappa shape index (κ3) is 5.47. The number of benzene rings is 1. The largest absolute Gasteiger partial charge is 0.383 e. The van der Waals surface area contributed by atoms with Crippen LogP contribution in [0, 0.1) is 6.92 Å². The van der Waals surface area contributed by atoms with Crippen LogP contribution in [-0.4, -0.2) is 47.4 Å². The highest BCUT2D eigenvalue weighted by Crippen LogP contribution is 2.28. The van der Waals surface area contributed by atoms with Crippen LogP contribution in [0.3, 0.4) is 0 Å². The molecule has 1 amide bonds. The second kappa shape index (κ2) is 8.36. The molecule has 1 aromatic rings. The van der Waals surface area contributed by atoms with E-state index in [1.165, 1.54) is 4.31 Å². The molecule has 6 nitrogen and oxygen atoms in total. The summed E-state index contributed by atoms with van der Waals surface area (Å²) in [5.41, 5.74) is 1.15. The van der Waals surface area contributed by atoms with Gasteiger partial charge in [0, 0.05) is 31.6 Å². The van der Waals surface area contributed by atoms with E-state index in [2.05, 4.69) is 5.32 Å². The number of carbonyl (C=O) groups is 1. The number of hydrogen-bond acceptors (Lipinski definition) is 4. The Hall–Kier alpha value is -1.31. The van der Waals surface area contributed by atoms with Crippen molar-refractivity contribution in [3.8, 4) is 0 Å². The average molecular weight is 349 g/mol. The van der Waals surface area contributed by atoms with Crippen LogP contribution in [0.5, 0.6) is 0 Å². The Kier molecular flexibility index (Phi) is 7.12. The van der Waals surface area contributed by atoms with Crippen LogP contribution in [0.15, 0.2) is 18.2 Å². The van der Waals surface area contributed by atoms with Crippen LogP contribution in [0.1, 0.15) is 12.0 Å². The molecule has 0 bridgehead atoms. The van der Waals surface area contributed by atoms with Crippen molar-refractivity contribution in [2.24, 2.45) is 0 Å². The molecule has 0 spiro atoms. The Bertz CT molecular complexity index is 619. The van der Waals surface area contributed by atoms with Crippen molar-refractivity contribution in [1.29, 1.82) is 0 Å². The zero-order valence-corrected chi connectivity index (χ0v) is 14.5. The minimum Gasteiger partial charge on any atom is -0.383 e. The third-order valence-corrected chi connectivity index (χ3v) is 4.67. The quantitative estimate of drug-likeness (QED) is 0.723. The van der Waals surface area contributed by atoms with Gasteiger partial charge in [0.15, 0.2) is 0 Å². The normalized spacial score (nSPS) is 11.3. The second-order valence-corrected chi connectivity index (χ2v) is 7.13. The Labute approximate surface area is 136 Å². The molecular formula is C14H21ClN2O4S. The van der Waals surface area contributed by atoms with E-state index in [-0.39, 0.29) is 18.9 Å². The first-order chi connectivity index (χ1) is 10.3. The van der Waals surface area contributed by atoms with E-state index in [9.17, 15) is 13.2 Å². The van der Waals surface area contributed by atoms with Crippen LogP contribution in [0.4, 0.5) is 5.69 Å². The topological polar surface area (TPSA) is 75.7 Å². The van der Waals surface area contributed by atoms with Gasteiger partial charge in [0.05, 0.1) is 18.6 Å². The predicted molar refractivity (Wildman–Crippen MR) is 87.9 cm³/mol. The lowest BCUT2D eigenvalue weighted by Gasteiger charge is -2.24. The van der Waals surface area contributed by atoms with Crippen LogP contribution in [0.25, 0.3) is 0 Å². The van der Waals surface area contributed by atoms with E-state index >= 15 is 0 Å². The zero-order chi connectivity index (χ0) is 16.8. The van der Waals surface area contributed by atoms with Gasteiger partial charge in [0.2, 0.25) is 15.9 Å². The lowest BCUT2D eigenvalue weighted by molar-refractivity contribution is -0.121. The summed E-state index contributed by atoms with van der Waals surface area (Å²) in [6.45, 7) is 2.60. The fourth-order valence-electron chi connectivity index (χ4n) is 1.92. The van der Waals surface area contributed by atoms with Crippen LogP contribution in [-0.2, 0) is 19.6 Å². The maximum Gasteiger partial charge on any atom is 0.232 e. The van der Waals surface area contributed by atoms with Gasteiger partial charge in [-0.25, -0.2) is 8.42 Å². The maximum atomic E-state index is 12.0. The molecule has 0 aliphatic heterocycles. The standard InChI is InChI=1S/C14H21ClN2O4S/c1-11-12(15)5-4-6-13(11)17(22(3,19)20)9-7-14(18)16-8-10-21-2/h4-6H,7-10H2,1-3H3,(H,16,18). The summed E-state index contributed by atoms with van der Waals surface area (Å²) < 4.78 is 30.0. The predicted octanol–water partition coefficient (Wildman–Crippen LogP) is 1.57. The number of nitrogens with one attached hydrogen (secondary N) is 1. The summed E-state index contributed by atoms with van der Waals surface area (Å²) in [5, 5.41) is 3.14. The fraction of sp³-hybridized carbons (Fsp3) is 0.500. The number of rotatable bonds is 8. The number of sulfonamides is 1. The molecule has 1 rings (SSSR count). The maximum absolute atomic E-state index is 12.0. The summed E-state index contributed by atoms with van der Waals surface area (Å²) in [6, 6.07) is 5.05. The molecule has 0 heterocycles. The summed E-state index contributed by atoms with van der Waals surface area (Å²) in [6.07, 6.45) is 1.17. The molecule has 0 radical (unpaired) electrons. The molecule has 1 aromatic carbocycles. The SMILES string of the molecule is COCCNC(=O)CCN(c1cccc(Cl)c1C)S(C)(=O)=O. The van der Waals surface area contributed by atoms with E-state index in [4.69, 9.17) is 16.3 Å². The van der Waals surface area contributed by atoms with E-state index in [1.54, 1.807) is 32.2 Å². The smallest absolute Gasteiger partial charge is 0.232 e. The number of amides is 1. The van der Waals surface area contributed by atoms with Crippen LogP contribution < -0.4 is 9.62 Å². The second-order valence-electron chi connectivity index (χ2n) is 4.81. The van der Waals surface area contributed by atoms with Crippen molar-refractivity contribution >= 4 is 33.2 Å². The van der Waals surface area contributed by atoms with Gasteiger partial charge in [-0.15, -0.1) is 0 Å². The van der Waals surface area contributed by atoms with Gasteiger partial charge in [-0.1, -0.05) is 17.7 Å². The van der Waals surface area contributed by atoms with Gasteiger partial charge >= 0.3 is 0 Å². The van der Waals surface area contributed by atoms with E-state index in [0.29, 0.717) is 29.4 Å². The van der Waals surface area contributed by atoms with Crippen LogP contribution >= 0.6 is 11.6 Å². The Balaban J connectivity index is 2.84. The van der Waals surface area contributed by atoms with Gasteiger partial charge in [0.25, 0.3) is 0 Å². The fourth-order valence-corrected chi connectivity index (χ4v) is 3.06. The van der Waals surface area contributed by atoms with Crippen molar-refractivity contribution in [2.75, 3.05) is 37.4 Å². The van der Waals surface area contributed by atoms with Gasteiger partial charge in [-0.3, -0.25) is 9.10 Å². The zero-order valence-electron chi connectivity index (χ0n) is 12.9. The number of halogens is 1. The number of carbonyl (C=O) groups excluding carboxylic acids is 1. The van der Waals surface area contributed by atoms with Gasteiger partial charge in [-0.05, 0) is 24.6 Å². The van der Waals surface area contributed by atoms with Crippen molar-refractivity contribution in [3.05, 3.63) is 28.8 Å². The minimum absolute atomic E-state index is 0.0544. The van der Waals surface area contributed by atoms with Gasteiger partial charge in [0.1, 0.15) is 0 Å². The minimum atomic E-state index is -3.51.